The van der Waals surface area contributed by atoms with Gasteiger partial charge in [-0.3, -0.25) is 4.79 Å². The maximum atomic E-state index is 12.9. The standard InChI is InChI=1S/C16H16F3N3O/c17-16(18,19)13-6-2-3-7-14(13)21-15(23)12(10-20)11-22-8-4-1-5-9-22/h2-3,6-7,11H,1,4-5,8-9H2,(H,21,23)/b12-11-. The molecule has 1 N–H and O–H groups in total. The summed E-state index contributed by atoms with van der Waals surface area (Å²) in [4.78, 5) is 13.9. The molecule has 1 saturated heterocycles. The fraction of sp³-hybridized carbons (Fsp3) is 0.375. The summed E-state index contributed by atoms with van der Waals surface area (Å²) in [6.07, 6.45) is -0.128. The maximum absolute atomic E-state index is 12.9. The fourth-order valence-electron chi connectivity index (χ4n) is 2.40. The molecule has 0 bridgehead atoms. The van der Waals surface area contributed by atoms with Crippen LogP contribution in [0.25, 0.3) is 0 Å². The number of amides is 1. The number of hydrogen-bond acceptors (Lipinski definition) is 3. The molecule has 7 heteroatoms. The number of nitriles is 1. The van der Waals surface area contributed by atoms with Crippen LogP contribution in [0.4, 0.5) is 18.9 Å². The monoisotopic (exact) mass is 323 g/mol. The summed E-state index contributed by atoms with van der Waals surface area (Å²) in [5.74, 6) is -0.838. The number of benzene rings is 1. The summed E-state index contributed by atoms with van der Waals surface area (Å²) >= 11 is 0. The molecular formula is C16H16F3N3O. The number of carbonyl (C=O) groups is 1. The van der Waals surface area contributed by atoms with Gasteiger partial charge >= 0.3 is 6.18 Å². The summed E-state index contributed by atoms with van der Waals surface area (Å²) in [6, 6.07) is 6.44. The van der Waals surface area contributed by atoms with Crippen LogP contribution in [0.2, 0.25) is 0 Å². The van der Waals surface area contributed by atoms with Crippen LogP contribution in [0.3, 0.4) is 0 Å². The highest BCUT2D eigenvalue weighted by molar-refractivity contribution is 6.06. The molecule has 23 heavy (non-hydrogen) atoms. The summed E-state index contributed by atoms with van der Waals surface area (Å²) in [5, 5.41) is 11.3. The van der Waals surface area contributed by atoms with Crippen LogP contribution in [0, 0.1) is 11.3 Å². The second kappa shape index (κ2) is 7.18. The molecule has 4 nitrogen and oxygen atoms in total. The van der Waals surface area contributed by atoms with Gasteiger partial charge in [0.25, 0.3) is 5.91 Å². The van der Waals surface area contributed by atoms with E-state index in [2.05, 4.69) is 5.32 Å². The highest BCUT2D eigenvalue weighted by Crippen LogP contribution is 2.34. The lowest BCUT2D eigenvalue weighted by molar-refractivity contribution is -0.137. The van der Waals surface area contributed by atoms with Crippen molar-refractivity contribution in [3.05, 3.63) is 41.6 Å². The van der Waals surface area contributed by atoms with E-state index in [1.165, 1.54) is 18.3 Å². The van der Waals surface area contributed by atoms with Gasteiger partial charge in [-0.1, -0.05) is 12.1 Å². The maximum Gasteiger partial charge on any atom is 0.418 e. The average molecular weight is 323 g/mol. The first-order chi connectivity index (χ1) is 10.9. The van der Waals surface area contributed by atoms with Gasteiger partial charge in [0.05, 0.1) is 11.3 Å². The number of likely N-dealkylation sites (tertiary alicyclic amines) is 1. The van der Waals surface area contributed by atoms with Gasteiger partial charge < -0.3 is 10.2 Å². The molecule has 1 aliphatic heterocycles. The Kier molecular flexibility index (Phi) is 5.27. The Bertz CT molecular complexity index is 641. The van der Waals surface area contributed by atoms with Crippen molar-refractivity contribution in [2.45, 2.75) is 25.4 Å². The van der Waals surface area contributed by atoms with Crippen LogP contribution in [0.1, 0.15) is 24.8 Å². The Morgan fingerprint density at radius 3 is 2.48 bits per heavy atom. The first kappa shape index (κ1) is 16.9. The number of anilines is 1. The Morgan fingerprint density at radius 1 is 1.22 bits per heavy atom. The van der Waals surface area contributed by atoms with Crippen molar-refractivity contribution in [3.63, 3.8) is 0 Å². The highest BCUT2D eigenvalue weighted by atomic mass is 19.4. The Morgan fingerprint density at radius 2 is 1.87 bits per heavy atom. The predicted octanol–water partition coefficient (Wildman–Crippen LogP) is 3.54. The van der Waals surface area contributed by atoms with E-state index in [4.69, 9.17) is 5.26 Å². The van der Waals surface area contributed by atoms with Crippen LogP contribution < -0.4 is 5.32 Å². The number of piperidine rings is 1. The first-order valence-electron chi connectivity index (χ1n) is 7.25. The predicted molar refractivity (Wildman–Crippen MR) is 79.2 cm³/mol. The molecule has 1 aromatic rings. The van der Waals surface area contributed by atoms with Crippen LogP contribution in [-0.2, 0) is 11.0 Å². The van der Waals surface area contributed by atoms with E-state index in [0.717, 1.165) is 44.5 Å². The lowest BCUT2D eigenvalue weighted by atomic mass is 10.1. The normalized spacial score (nSPS) is 15.9. The largest absolute Gasteiger partial charge is 0.418 e. The number of rotatable bonds is 3. The number of nitrogens with one attached hydrogen (secondary N) is 1. The number of alkyl halides is 3. The van der Waals surface area contributed by atoms with Gasteiger partial charge in [-0.25, -0.2) is 0 Å². The molecule has 0 unspecified atom stereocenters. The van der Waals surface area contributed by atoms with Crippen LogP contribution in [0.5, 0.6) is 0 Å². The zero-order chi connectivity index (χ0) is 16.9. The number of hydrogen-bond donors (Lipinski definition) is 1. The average Bonchev–Trinajstić information content (AvgIpc) is 2.53. The third-order valence-electron chi connectivity index (χ3n) is 3.55. The summed E-state index contributed by atoms with van der Waals surface area (Å²) in [5.41, 5.74) is -1.50. The van der Waals surface area contributed by atoms with Gasteiger partial charge in [0.2, 0.25) is 0 Å². The van der Waals surface area contributed by atoms with Gasteiger partial charge in [-0.2, -0.15) is 18.4 Å². The minimum Gasteiger partial charge on any atom is -0.376 e. The smallest absolute Gasteiger partial charge is 0.376 e. The molecule has 0 aromatic heterocycles. The van der Waals surface area contributed by atoms with E-state index in [0.29, 0.717) is 0 Å². The van der Waals surface area contributed by atoms with E-state index < -0.39 is 17.6 Å². The van der Waals surface area contributed by atoms with Crippen molar-refractivity contribution in [2.24, 2.45) is 0 Å². The number of carbonyl (C=O) groups excluding carboxylic acids is 1. The van der Waals surface area contributed by atoms with Crippen molar-refractivity contribution in [2.75, 3.05) is 18.4 Å². The van der Waals surface area contributed by atoms with Crippen LogP contribution >= 0.6 is 0 Å². The molecule has 0 saturated carbocycles. The quantitative estimate of drug-likeness (QED) is 0.684. The fourth-order valence-corrected chi connectivity index (χ4v) is 2.40. The number of para-hydroxylation sites is 1. The third-order valence-corrected chi connectivity index (χ3v) is 3.55. The van der Waals surface area contributed by atoms with E-state index in [9.17, 15) is 18.0 Å². The molecule has 122 valence electrons. The number of halogens is 3. The van der Waals surface area contributed by atoms with Gasteiger partial charge in [-0.15, -0.1) is 0 Å². The van der Waals surface area contributed by atoms with Gasteiger partial charge in [0.15, 0.2) is 0 Å². The van der Waals surface area contributed by atoms with Gasteiger partial charge in [-0.05, 0) is 31.4 Å². The van der Waals surface area contributed by atoms with Crippen molar-refractivity contribution in [1.82, 2.24) is 4.90 Å². The van der Waals surface area contributed by atoms with Crippen molar-refractivity contribution in [3.8, 4) is 6.07 Å². The molecule has 1 amide bonds. The van der Waals surface area contributed by atoms with Gasteiger partial charge in [0, 0.05) is 19.3 Å². The topological polar surface area (TPSA) is 56.1 Å². The molecule has 1 aliphatic rings. The highest BCUT2D eigenvalue weighted by Gasteiger charge is 2.33. The van der Waals surface area contributed by atoms with Crippen molar-refractivity contribution < 1.29 is 18.0 Å². The van der Waals surface area contributed by atoms with E-state index in [1.54, 1.807) is 6.07 Å². The molecule has 1 aromatic carbocycles. The Balaban J connectivity index is 2.17. The van der Waals surface area contributed by atoms with Crippen LogP contribution in [0.15, 0.2) is 36.0 Å². The molecule has 1 fully saturated rings. The summed E-state index contributed by atoms with van der Waals surface area (Å²) in [7, 11) is 0. The lowest BCUT2D eigenvalue weighted by Crippen LogP contribution is -2.26. The molecule has 0 aliphatic carbocycles. The second-order valence-corrected chi connectivity index (χ2v) is 5.25. The van der Waals surface area contributed by atoms with Crippen molar-refractivity contribution >= 4 is 11.6 Å². The lowest BCUT2D eigenvalue weighted by Gasteiger charge is -2.25. The number of nitrogens with zero attached hydrogens (tertiary/aromatic N) is 2. The SMILES string of the molecule is N#C/C(=C/N1CCCCC1)C(=O)Nc1ccccc1C(F)(F)F. The minimum absolute atomic E-state index is 0.205. The van der Waals surface area contributed by atoms with E-state index >= 15 is 0 Å². The molecule has 1 heterocycles. The molecule has 0 spiro atoms. The first-order valence-corrected chi connectivity index (χ1v) is 7.25. The van der Waals surface area contributed by atoms with Gasteiger partial charge in [0.1, 0.15) is 11.6 Å². The second-order valence-electron chi connectivity index (χ2n) is 5.25. The molecule has 0 atom stereocenters. The van der Waals surface area contributed by atoms with E-state index in [1.807, 2.05) is 4.90 Å². The summed E-state index contributed by atoms with van der Waals surface area (Å²) < 4.78 is 38.7. The molecule has 2 rings (SSSR count). The molecule has 0 radical (unpaired) electrons. The Labute approximate surface area is 132 Å². The zero-order valence-corrected chi connectivity index (χ0v) is 12.4. The summed E-state index contributed by atoms with van der Waals surface area (Å²) in [6.45, 7) is 1.47. The van der Waals surface area contributed by atoms with Crippen LogP contribution in [-0.4, -0.2) is 23.9 Å². The zero-order valence-electron chi connectivity index (χ0n) is 12.4. The molecular weight excluding hydrogens is 307 g/mol. The third kappa shape index (κ3) is 4.49. The Hall–Kier alpha value is -2.49. The van der Waals surface area contributed by atoms with Crippen molar-refractivity contribution in [1.29, 1.82) is 5.26 Å². The van der Waals surface area contributed by atoms with E-state index in [-0.39, 0.29) is 11.3 Å². The minimum atomic E-state index is -4.58.